The number of anilines is 3. The molecule has 1 heterocycles. The highest BCUT2D eigenvalue weighted by Gasteiger charge is 2.30. The van der Waals surface area contributed by atoms with Gasteiger partial charge in [0.2, 0.25) is 17.8 Å². The van der Waals surface area contributed by atoms with Gasteiger partial charge < -0.3 is 21.1 Å². The Morgan fingerprint density at radius 2 is 1.35 bits per heavy atom. The quantitative estimate of drug-likeness (QED) is 0.373. The topological polar surface area (TPSA) is 95.0 Å². The molecule has 1 aromatic heterocycles. The Bertz CT molecular complexity index is 1070. The van der Waals surface area contributed by atoms with E-state index in [1.54, 1.807) is 6.07 Å². The summed E-state index contributed by atoms with van der Waals surface area (Å²) in [6, 6.07) is 15.1. The van der Waals surface area contributed by atoms with Gasteiger partial charge in [-0.25, -0.2) is 0 Å². The minimum atomic E-state index is -4.40. The van der Waals surface area contributed by atoms with Crippen LogP contribution in [-0.2, 0) is 19.3 Å². The maximum Gasteiger partial charge on any atom is 0.416 e. The van der Waals surface area contributed by atoms with E-state index in [0.29, 0.717) is 36.8 Å². The first-order valence-corrected chi connectivity index (χ1v) is 11.2. The van der Waals surface area contributed by atoms with Gasteiger partial charge >= 0.3 is 6.18 Å². The number of rotatable bonds is 8. The van der Waals surface area contributed by atoms with Crippen LogP contribution in [0.4, 0.5) is 31.0 Å². The largest absolute Gasteiger partial charge is 0.416 e. The molecule has 34 heavy (non-hydrogen) atoms. The van der Waals surface area contributed by atoms with Gasteiger partial charge in [0.15, 0.2) is 0 Å². The molecule has 1 aliphatic carbocycles. The van der Waals surface area contributed by atoms with Crippen LogP contribution in [0.5, 0.6) is 0 Å². The van der Waals surface area contributed by atoms with Crippen LogP contribution in [0.2, 0.25) is 0 Å². The summed E-state index contributed by atoms with van der Waals surface area (Å²) in [6.45, 7) is 0.633. The number of aromatic nitrogens is 3. The molecule has 1 fully saturated rings. The van der Waals surface area contributed by atoms with Gasteiger partial charge in [0.05, 0.1) is 11.7 Å². The van der Waals surface area contributed by atoms with Crippen LogP contribution < -0.4 is 16.0 Å². The first-order valence-electron chi connectivity index (χ1n) is 11.2. The van der Waals surface area contributed by atoms with Crippen molar-refractivity contribution < 1.29 is 18.3 Å². The van der Waals surface area contributed by atoms with E-state index in [1.165, 1.54) is 6.07 Å². The molecule has 0 aliphatic heterocycles. The second kappa shape index (κ2) is 10.7. The second-order valence-corrected chi connectivity index (χ2v) is 8.35. The summed E-state index contributed by atoms with van der Waals surface area (Å²) in [5, 5.41) is 19.2. The highest BCUT2D eigenvalue weighted by Crippen LogP contribution is 2.29. The summed E-state index contributed by atoms with van der Waals surface area (Å²) in [4.78, 5) is 13.3. The van der Waals surface area contributed by atoms with E-state index in [-0.39, 0.29) is 24.6 Å². The lowest BCUT2D eigenvalue weighted by Crippen LogP contribution is -2.29. The molecular weight excluding hydrogens is 445 g/mol. The molecule has 1 aliphatic rings. The number of aliphatic hydroxyl groups is 1. The standard InChI is InChI=1S/C24H27F3N6O/c25-24(26,27)18-8-4-7-17(13-18)15-29-22-31-21(28-14-16-5-2-1-3-6-16)32-23(33-22)30-19-9-11-20(34)12-10-19/h1-8,13,19-20,34H,9-12,14-15H2,(H3,28,29,30,31,32,33). The van der Waals surface area contributed by atoms with Gasteiger partial charge in [0.25, 0.3) is 0 Å². The van der Waals surface area contributed by atoms with E-state index in [0.717, 1.165) is 30.5 Å². The number of halogens is 3. The minimum Gasteiger partial charge on any atom is -0.393 e. The molecule has 4 rings (SSSR count). The molecule has 0 saturated heterocycles. The average Bonchev–Trinajstić information content (AvgIpc) is 2.83. The Labute approximate surface area is 195 Å². The molecule has 0 unspecified atom stereocenters. The Hall–Kier alpha value is -3.40. The molecule has 1 saturated carbocycles. The van der Waals surface area contributed by atoms with Gasteiger partial charge in [0.1, 0.15) is 0 Å². The van der Waals surface area contributed by atoms with Gasteiger partial charge in [-0.1, -0.05) is 42.5 Å². The van der Waals surface area contributed by atoms with E-state index in [4.69, 9.17) is 0 Å². The first-order chi connectivity index (χ1) is 16.3. The van der Waals surface area contributed by atoms with E-state index in [9.17, 15) is 18.3 Å². The number of alkyl halides is 3. The summed E-state index contributed by atoms with van der Waals surface area (Å²) in [7, 11) is 0. The molecule has 180 valence electrons. The SMILES string of the molecule is OC1CCC(Nc2nc(NCc3ccccc3)nc(NCc3cccc(C(F)(F)F)c3)n2)CC1. The van der Waals surface area contributed by atoms with Crippen molar-refractivity contribution in [1.29, 1.82) is 0 Å². The van der Waals surface area contributed by atoms with E-state index in [1.807, 2.05) is 30.3 Å². The predicted octanol–water partition coefficient (Wildman–Crippen LogP) is 4.83. The highest BCUT2D eigenvalue weighted by molar-refractivity contribution is 5.43. The Morgan fingerprint density at radius 3 is 2.00 bits per heavy atom. The number of aliphatic hydroxyl groups excluding tert-OH is 1. The third kappa shape index (κ3) is 6.80. The molecule has 0 radical (unpaired) electrons. The summed E-state index contributed by atoms with van der Waals surface area (Å²) in [5.74, 6) is 0.976. The van der Waals surface area contributed by atoms with Crippen LogP contribution in [-0.4, -0.2) is 32.2 Å². The third-order valence-electron chi connectivity index (χ3n) is 5.66. The highest BCUT2D eigenvalue weighted by atomic mass is 19.4. The van der Waals surface area contributed by atoms with Crippen LogP contribution in [0.25, 0.3) is 0 Å². The Balaban J connectivity index is 1.49. The fourth-order valence-electron chi connectivity index (χ4n) is 3.82. The van der Waals surface area contributed by atoms with Crippen molar-refractivity contribution in [3.63, 3.8) is 0 Å². The Morgan fingerprint density at radius 1 is 0.765 bits per heavy atom. The molecule has 0 atom stereocenters. The van der Waals surface area contributed by atoms with E-state index in [2.05, 4.69) is 30.9 Å². The molecule has 7 nitrogen and oxygen atoms in total. The monoisotopic (exact) mass is 472 g/mol. The lowest BCUT2D eigenvalue weighted by Gasteiger charge is -2.26. The second-order valence-electron chi connectivity index (χ2n) is 8.35. The zero-order valence-corrected chi connectivity index (χ0v) is 18.5. The first kappa shape index (κ1) is 23.7. The predicted molar refractivity (Wildman–Crippen MR) is 124 cm³/mol. The van der Waals surface area contributed by atoms with Gasteiger partial charge in [-0.05, 0) is 48.9 Å². The number of hydrogen-bond acceptors (Lipinski definition) is 7. The van der Waals surface area contributed by atoms with Crippen LogP contribution >= 0.6 is 0 Å². The minimum absolute atomic E-state index is 0.126. The van der Waals surface area contributed by atoms with Crippen molar-refractivity contribution in [2.45, 2.75) is 57.1 Å². The maximum absolute atomic E-state index is 13.0. The van der Waals surface area contributed by atoms with Crippen molar-refractivity contribution in [1.82, 2.24) is 15.0 Å². The number of benzene rings is 2. The maximum atomic E-state index is 13.0. The molecule has 4 N–H and O–H groups in total. The molecular formula is C24H27F3N6O. The Kier molecular flexibility index (Phi) is 7.46. The summed E-state index contributed by atoms with van der Waals surface area (Å²) in [6.07, 6.45) is -1.66. The average molecular weight is 473 g/mol. The molecule has 0 spiro atoms. The van der Waals surface area contributed by atoms with Gasteiger partial charge in [-0.15, -0.1) is 0 Å². The summed E-state index contributed by atoms with van der Waals surface area (Å²) < 4.78 is 39.1. The van der Waals surface area contributed by atoms with E-state index >= 15 is 0 Å². The van der Waals surface area contributed by atoms with Crippen molar-refractivity contribution in [3.05, 3.63) is 71.3 Å². The lowest BCUT2D eigenvalue weighted by molar-refractivity contribution is -0.137. The zero-order chi connectivity index (χ0) is 24.0. The van der Waals surface area contributed by atoms with Gasteiger partial charge in [-0.3, -0.25) is 0 Å². The fourth-order valence-corrected chi connectivity index (χ4v) is 3.82. The van der Waals surface area contributed by atoms with Crippen molar-refractivity contribution in [3.8, 4) is 0 Å². The third-order valence-corrected chi connectivity index (χ3v) is 5.66. The number of nitrogens with one attached hydrogen (secondary N) is 3. The molecule has 0 amide bonds. The number of hydrogen-bond donors (Lipinski definition) is 4. The molecule has 3 aromatic rings. The number of nitrogens with zero attached hydrogens (tertiary/aromatic N) is 3. The van der Waals surface area contributed by atoms with Gasteiger partial charge in [0, 0.05) is 19.1 Å². The van der Waals surface area contributed by atoms with Gasteiger partial charge in [-0.2, -0.15) is 28.1 Å². The van der Waals surface area contributed by atoms with Crippen molar-refractivity contribution in [2.24, 2.45) is 0 Å². The van der Waals surface area contributed by atoms with Crippen molar-refractivity contribution in [2.75, 3.05) is 16.0 Å². The molecule has 0 bridgehead atoms. The summed E-state index contributed by atoms with van der Waals surface area (Å²) in [5.41, 5.74) is 0.816. The lowest BCUT2D eigenvalue weighted by atomic mass is 9.93. The van der Waals surface area contributed by atoms with Crippen molar-refractivity contribution >= 4 is 17.8 Å². The normalized spacial score (nSPS) is 18.4. The van der Waals surface area contributed by atoms with Crippen LogP contribution in [0, 0.1) is 0 Å². The fraction of sp³-hybridized carbons (Fsp3) is 0.375. The van der Waals surface area contributed by atoms with Crippen LogP contribution in [0.15, 0.2) is 54.6 Å². The smallest absolute Gasteiger partial charge is 0.393 e. The van der Waals surface area contributed by atoms with Crippen LogP contribution in [0.1, 0.15) is 42.4 Å². The molecule has 2 aromatic carbocycles. The van der Waals surface area contributed by atoms with E-state index < -0.39 is 11.7 Å². The summed E-state index contributed by atoms with van der Waals surface area (Å²) >= 11 is 0. The van der Waals surface area contributed by atoms with Crippen LogP contribution in [0.3, 0.4) is 0 Å². The molecule has 10 heteroatoms. The zero-order valence-electron chi connectivity index (χ0n) is 18.5.